The quantitative estimate of drug-likeness (QED) is 0.890. The minimum atomic E-state index is -4.45. The van der Waals surface area contributed by atoms with Crippen molar-refractivity contribution in [3.8, 4) is 0 Å². The van der Waals surface area contributed by atoms with Crippen molar-refractivity contribution < 1.29 is 13.2 Å². The molecular formula is C14H12ClF3N2. The third kappa shape index (κ3) is 3.42. The van der Waals surface area contributed by atoms with Crippen molar-refractivity contribution in [2.45, 2.75) is 19.6 Å². The van der Waals surface area contributed by atoms with Crippen LogP contribution in [0.25, 0.3) is 0 Å². The number of halogens is 4. The van der Waals surface area contributed by atoms with E-state index in [2.05, 4.69) is 10.3 Å². The summed E-state index contributed by atoms with van der Waals surface area (Å²) in [5.41, 5.74) is 0.556. The Balaban J connectivity index is 2.25. The average molecular weight is 301 g/mol. The van der Waals surface area contributed by atoms with E-state index >= 15 is 0 Å². The lowest BCUT2D eigenvalue weighted by Gasteiger charge is -2.15. The molecule has 1 aromatic heterocycles. The number of nitrogens with zero attached hydrogens (tertiary/aromatic N) is 1. The fraction of sp³-hybridized carbons (Fsp3) is 0.214. The summed E-state index contributed by atoms with van der Waals surface area (Å²) < 4.78 is 38.7. The Morgan fingerprint density at radius 2 is 1.85 bits per heavy atom. The predicted molar refractivity (Wildman–Crippen MR) is 72.8 cm³/mol. The normalized spacial score (nSPS) is 11.4. The molecule has 0 spiro atoms. The Morgan fingerprint density at radius 1 is 1.15 bits per heavy atom. The van der Waals surface area contributed by atoms with Gasteiger partial charge in [-0.1, -0.05) is 23.7 Å². The summed E-state index contributed by atoms with van der Waals surface area (Å²) in [4.78, 5) is 4.22. The summed E-state index contributed by atoms with van der Waals surface area (Å²) in [6, 6.07) is 9.06. The van der Waals surface area contributed by atoms with Gasteiger partial charge in [-0.15, -0.1) is 0 Å². The van der Waals surface area contributed by atoms with E-state index < -0.39 is 11.7 Å². The summed E-state index contributed by atoms with van der Waals surface area (Å²) in [6.07, 6.45) is -4.45. The van der Waals surface area contributed by atoms with Crippen LogP contribution in [0.1, 0.15) is 17.0 Å². The zero-order valence-corrected chi connectivity index (χ0v) is 11.4. The molecule has 0 saturated heterocycles. The maximum absolute atomic E-state index is 12.9. The van der Waals surface area contributed by atoms with E-state index in [-0.39, 0.29) is 17.3 Å². The topological polar surface area (TPSA) is 24.9 Å². The highest BCUT2D eigenvalue weighted by Gasteiger charge is 2.34. The molecule has 0 atom stereocenters. The molecule has 0 unspecified atom stereocenters. The van der Waals surface area contributed by atoms with Crippen LogP contribution in [0.15, 0.2) is 36.4 Å². The van der Waals surface area contributed by atoms with Gasteiger partial charge in [0.25, 0.3) is 0 Å². The van der Waals surface area contributed by atoms with Crippen molar-refractivity contribution in [2.75, 3.05) is 5.32 Å². The van der Waals surface area contributed by atoms with Gasteiger partial charge in [0.2, 0.25) is 0 Å². The number of hydrogen-bond donors (Lipinski definition) is 1. The summed E-state index contributed by atoms with van der Waals surface area (Å²) in [6.45, 7) is 1.99. The van der Waals surface area contributed by atoms with Crippen LogP contribution in [0, 0.1) is 6.92 Å². The second-order valence-electron chi connectivity index (χ2n) is 4.28. The van der Waals surface area contributed by atoms with Gasteiger partial charge < -0.3 is 5.32 Å². The van der Waals surface area contributed by atoms with Crippen LogP contribution in [0.2, 0.25) is 5.02 Å². The zero-order chi connectivity index (χ0) is 14.8. The molecule has 0 saturated carbocycles. The van der Waals surface area contributed by atoms with Gasteiger partial charge in [-0.05, 0) is 31.2 Å². The highest BCUT2D eigenvalue weighted by atomic mass is 35.5. The molecule has 1 N–H and O–H groups in total. The summed E-state index contributed by atoms with van der Waals surface area (Å²) in [5.74, 6) is 0. The molecule has 1 heterocycles. The maximum atomic E-state index is 12.9. The van der Waals surface area contributed by atoms with Gasteiger partial charge in [-0.2, -0.15) is 13.2 Å². The highest BCUT2D eigenvalue weighted by Crippen LogP contribution is 2.38. The van der Waals surface area contributed by atoms with Crippen molar-refractivity contribution in [3.63, 3.8) is 0 Å². The molecule has 0 radical (unpaired) electrons. The van der Waals surface area contributed by atoms with Crippen LogP contribution in [-0.4, -0.2) is 4.98 Å². The number of nitrogens with one attached hydrogen (secondary N) is 1. The molecule has 0 aliphatic heterocycles. The number of anilines is 1. The second-order valence-corrected chi connectivity index (χ2v) is 4.69. The minimum Gasteiger partial charge on any atom is -0.378 e. The van der Waals surface area contributed by atoms with Gasteiger partial charge in [-0.3, -0.25) is 4.98 Å². The van der Waals surface area contributed by atoms with Gasteiger partial charge in [0.1, 0.15) is 0 Å². The highest BCUT2D eigenvalue weighted by molar-refractivity contribution is 6.33. The predicted octanol–water partition coefficient (Wildman–Crippen LogP) is 4.67. The lowest BCUT2D eigenvalue weighted by Crippen LogP contribution is -2.11. The van der Waals surface area contributed by atoms with E-state index in [9.17, 15) is 13.2 Å². The summed E-state index contributed by atoms with van der Waals surface area (Å²) >= 11 is 5.85. The molecular weight excluding hydrogens is 289 g/mol. The Labute approximate surface area is 119 Å². The number of rotatable bonds is 3. The number of pyridine rings is 1. The molecule has 2 rings (SSSR count). The molecule has 1 aromatic carbocycles. The molecule has 0 aliphatic rings. The zero-order valence-electron chi connectivity index (χ0n) is 10.6. The number of hydrogen-bond acceptors (Lipinski definition) is 2. The molecule has 0 amide bonds. The van der Waals surface area contributed by atoms with Crippen molar-refractivity contribution in [2.24, 2.45) is 0 Å². The molecule has 106 valence electrons. The van der Waals surface area contributed by atoms with E-state index in [0.717, 1.165) is 11.8 Å². The first kappa shape index (κ1) is 14.7. The number of aromatic nitrogens is 1. The van der Waals surface area contributed by atoms with Crippen molar-refractivity contribution >= 4 is 17.3 Å². The lowest BCUT2D eigenvalue weighted by atomic mass is 10.1. The fourth-order valence-corrected chi connectivity index (χ4v) is 2.06. The van der Waals surface area contributed by atoms with Crippen LogP contribution >= 0.6 is 11.6 Å². The van der Waals surface area contributed by atoms with E-state index in [4.69, 9.17) is 11.6 Å². The number of para-hydroxylation sites is 1. The van der Waals surface area contributed by atoms with Crippen LogP contribution in [0.3, 0.4) is 0 Å². The fourth-order valence-electron chi connectivity index (χ4n) is 1.82. The van der Waals surface area contributed by atoms with Crippen LogP contribution in [0.4, 0.5) is 18.9 Å². The number of alkyl halides is 3. The van der Waals surface area contributed by atoms with Crippen molar-refractivity contribution in [1.82, 2.24) is 4.98 Å². The van der Waals surface area contributed by atoms with Gasteiger partial charge in [0.05, 0.1) is 28.5 Å². The monoisotopic (exact) mass is 300 g/mol. The molecule has 0 bridgehead atoms. The third-order valence-electron chi connectivity index (χ3n) is 2.71. The van der Waals surface area contributed by atoms with E-state index in [1.54, 1.807) is 12.1 Å². The molecule has 6 heteroatoms. The molecule has 20 heavy (non-hydrogen) atoms. The minimum absolute atomic E-state index is 0.0347. The summed E-state index contributed by atoms with van der Waals surface area (Å²) in [7, 11) is 0. The van der Waals surface area contributed by atoms with Crippen LogP contribution in [0.5, 0.6) is 0 Å². The Kier molecular flexibility index (Phi) is 4.18. The third-order valence-corrected chi connectivity index (χ3v) is 3.03. The van der Waals surface area contributed by atoms with Gasteiger partial charge in [0, 0.05) is 5.69 Å². The Bertz CT molecular complexity index is 612. The first-order valence-electron chi connectivity index (χ1n) is 5.90. The second kappa shape index (κ2) is 5.71. The maximum Gasteiger partial charge on any atom is 0.418 e. The van der Waals surface area contributed by atoms with Gasteiger partial charge in [0.15, 0.2) is 0 Å². The smallest absolute Gasteiger partial charge is 0.378 e. The van der Waals surface area contributed by atoms with Crippen LogP contribution < -0.4 is 5.32 Å². The standard InChI is InChI=1S/C14H12ClF3N2/c1-9-4-2-5-10(20-9)8-19-13-11(14(16,17)18)6-3-7-12(13)15/h2-7,19H,8H2,1H3. The van der Waals surface area contributed by atoms with E-state index in [0.29, 0.717) is 5.69 Å². The van der Waals surface area contributed by atoms with Crippen molar-refractivity contribution in [1.29, 1.82) is 0 Å². The lowest BCUT2D eigenvalue weighted by molar-refractivity contribution is -0.136. The Hall–Kier alpha value is -1.75. The SMILES string of the molecule is Cc1cccc(CNc2c(Cl)cccc2C(F)(F)F)n1. The number of aryl methyl sites for hydroxylation is 1. The van der Waals surface area contributed by atoms with Crippen LogP contribution in [-0.2, 0) is 12.7 Å². The first-order chi connectivity index (χ1) is 9.38. The molecule has 2 nitrogen and oxygen atoms in total. The summed E-state index contributed by atoms with van der Waals surface area (Å²) in [5, 5.41) is 2.75. The van der Waals surface area contributed by atoms with Crippen molar-refractivity contribution in [3.05, 3.63) is 58.4 Å². The number of benzene rings is 1. The first-order valence-corrected chi connectivity index (χ1v) is 6.28. The molecule has 2 aromatic rings. The molecule has 0 fully saturated rings. The van der Waals surface area contributed by atoms with E-state index in [1.807, 2.05) is 13.0 Å². The molecule has 0 aliphatic carbocycles. The largest absolute Gasteiger partial charge is 0.418 e. The Morgan fingerprint density at radius 3 is 2.50 bits per heavy atom. The average Bonchev–Trinajstić information content (AvgIpc) is 2.36. The van der Waals surface area contributed by atoms with Gasteiger partial charge >= 0.3 is 6.18 Å². The van der Waals surface area contributed by atoms with Gasteiger partial charge in [-0.25, -0.2) is 0 Å². The van der Waals surface area contributed by atoms with E-state index in [1.165, 1.54) is 12.1 Å².